The Balaban J connectivity index is 1.95. The van der Waals surface area contributed by atoms with Crippen LogP contribution in [0.1, 0.15) is 23.6 Å². The quantitative estimate of drug-likeness (QED) is 0.370. The van der Waals surface area contributed by atoms with E-state index in [9.17, 15) is 0 Å². The van der Waals surface area contributed by atoms with E-state index in [1.165, 1.54) is 0 Å². The molecule has 160 valence electrons. The number of rotatable bonds is 5. The first-order valence-corrected chi connectivity index (χ1v) is 11.1. The lowest BCUT2D eigenvalue weighted by atomic mass is 9.77. The topological polar surface area (TPSA) is 30.7 Å². The Hall–Kier alpha value is -4.24. The van der Waals surface area contributed by atoms with E-state index in [2.05, 4.69) is 95.1 Å². The van der Waals surface area contributed by atoms with Crippen LogP contribution in [0.3, 0.4) is 0 Å². The van der Waals surface area contributed by atoms with Crippen molar-refractivity contribution in [3.63, 3.8) is 0 Å². The molecule has 3 aromatic carbocycles. The molecule has 3 heteroatoms. The van der Waals surface area contributed by atoms with E-state index in [1.54, 1.807) is 12.4 Å². The van der Waals surface area contributed by atoms with E-state index < -0.39 is 5.54 Å². The predicted octanol–water partition coefficient (Wildman–Crippen LogP) is 5.00. The summed E-state index contributed by atoms with van der Waals surface area (Å²) in [7, 11) is 0. The van der Waals surface area contributed by atoms with Gasteiger partial charge in [-0.25, -0.2) is 4.68 Å². The first-order chi connectivity index (χ1) is 16.3. The fraction of sp³-hybridized carbons (Fsp3) is 0.0667. The summed E-state index contributed by atoms with van der Waals surface area (Å²) in [4.78, 5) is 4.19. The second-order valence-corrected chi connectivity index (χ2v) is 7.95. The second-order valence-electron chi connectivity index (χ2n) is 7.95. The van der Waals surface area contributed by atoms with Gasteiger partial charge in [-0.05, 0) is 35.7 Å². The molecule has 2 heterocycles. The zero-order valence-corrected chi connectivity index (χ0v) is 18.6. The van der Waals surface area contributed by atoms with Crippen LogP contribution >= 0.6 is 0 Å². The Morgan fingerprint density at radius 1 is 0.697 bits per heavy atom. The van der Waals surface area contributed by atoms with Gasteiger partial charge in [-0.15, -0.1) is 0 Å². The second kappa shape index (κ2) is 8.71. The summed E-state index contributed by atoms with van der Waals surface area (Å²) in [5.74, 6) is 0. The highest BCUT2D eigenvalue weighted by atomic mass is 15.3. The normalized spacial score (nSPS) is 12.1. The highest BCUT2D eigenvalue weighted by Gasteiger charge is 2.40. The van der Waals surface area contributed by atoms with Gasteiger partial charge in [0.05, 0.1) is 11.0 Å². The smallest absolute Gasteiger partial charge is 0.138 e. The SMILES string of the molecule is C=c1/c(=C\C)c(-c2ccncc2)nn1C(c1ccccc1)(c1ccccc1)c1ccccc1. The van der Waals surface area contributed by atoms with Crippen molar-refractivity contribution in [2.75, 3.05) is 0 Å². The summed E-state index contributed by atoms with van der Waals surface area (Å²) in [5.41, 5.74) is 4.60. The highest BCUT2D eigenvalue weighted by molar-refractivity contribution is 5.61. The van der Waals surface area contributed by atoms with Gasteiger partial charge in [0.2, 0.25) is 0 Å². The van der Waals surface area contributed by atoms with E-state index >= 15 is 0 Å². The maximum Gasteiger partial charge on any atom is 0.138 e. The van der Waals surface area contributed by atoms with Crippen LogP contribution in [0.5, 0.6) is 0 Å². The average Bonchev–Trinajstić information content (AvgIpc) is 3.23. The number of hydrogen-bond acceptors (Lipinski definition) is 2. The van der Waals surface area contributed by atoms with E-state index in [4.69, 9.17) is 5.10 Å². The summed E-state index contributed by atoms with van der Waals surface area (Å²) >= 11 is 0. The molecule has 0 saturated heterocycles. The molecule has 0 fully saturated rings. The molecule has 0 unspecified atom stereocenters. The minimum Gasteiger partial charge on any atom is -0.265 e. The van der Waals surface area contributed by atoms with E-state index in [0.29, 0.717) is 0 Å². The molecule has 0 saturated carbocycles. The summed E-state index contributed by atoms with van der Waals surface area (Å²) < 4.78 is 2.10. The third kappa shape index (κ3) is 3.39. The Labute approximate surface area is 194 Å². The maximum absolute atomic E-state index is 5.25. The van der Waals surface area contributed by atoms with Gasteiger partial charge in [-0.1, -0.05) is 104 Å². The zero-order valence-electron chi connectivity index (χ0n) is 18.6. The first kappa shape index (κ1) is 20.7. The molecule has 0 bridgehead atoms. The molecule has 0 aliphatic carbocycles. The summed E-state index contributed by atoms with van der Waals surface area (Å²) in [6.07, 6.45) is 5.69. The molecule has 0 radical (unpaired) electrons. The van der Waals surface area contributed by atoms with Crippen LogP contribution in [0, 0.1) is 0 Å². The number of benzene rings is 3. The number of nitrogens with zero attached hydrogens (tertiary/aromatic N) is 3. The Bertz CT molecular complexity index is 1360. The van der Waals surface area contributed by atoms with Crippen molar-refractivity contribution in [1.82, 2.24) is 14.8 Å². The van der Waals surface area contributed by atoms with Crippen molar-refractivity contribution in [3.05, 3.63) is 143 Å². The number of aromatic nitrogens is 3. The lowest BCUT2D eigenvalue weighted by molar-refractivity contribution is 0.450. The third-order valence-electron chi connectivity index (χ3n) is 6.16. The standard InChI is InChI=1S/C30H25N3/c1-3-28-23(2)33(32-29(28)24-19-21-31-22-20-24)30(25-13-7-4-8-14-25,26-15-9-5-10-16-26)27-17-11-6-12-18-27/h3-22H,2H2,1H3/b28-3+. The van der Waals surface area contributed by atoms with Gasteiger partial charge >= 0.3 is 0 Å². The molecule has 3 nitrogen and oxygen atoms in total. The van der Waals surface area contributed by atoms with Crippen molar-refractivity contribution in [2.24, 2.45) is 0 Å². The maximum atomic E-state index is 5.25. The van der Waals surface area contributed by atoms with Crippen LogP contribution in [0.4, 0.5) is 0 Å². The molecule has 0 aliphatic heterocycles. The molecule has 0 aliphatic rings. The van der Waals surface area contributed by atoms with Crippen LogP contribution in [0.25, 0.3) is 23.9 Å². The fourth-order valence-corrected chi connectivity index (χ4v) is 4.67. The molecule has 33 heavy (non-hydrogen) atoms. The zero-order chi connectivity index (χ0) is 22.7. The lowest BCUT2D eigenvalue weighted by Crippen LogP contribution is -2.46. The highest BCUT2D eigenvalue weighted by Crippen LogP contribution is 2.39. The van der Waals surface area contributed by atoms with Gasteiger partial charge in [0.15, 0.2) is 0 Å². The Morgan fingerprint density at radius 3 is 1.58 bits per heavy atom. The van der Waals surface area contributed by atoms with Crippen molar-refractivity contribution < 1.29 is 0 Å². The molecule has 5 aromatic rings. The minimum absolute atomic E-state index is 0.691. The van der Waals surface area contributed by atoms with E-state index in [0.717, 1.165) is 38.5 Å². The molecular formula is C30H25N3. The molecule has 5 rings (SSSR count). The molecule has 0 spiro atoms. The minimum atomic E-state index is -0.691. The lowest BCUT2D eigenvalue weighted by Gasteiger charge is -2.36. The van der Waals surface area contributed by atoms with Crippen LogP contribution in [-0.4, -0.2) is 14.8 Å². The van der Waals surface area contributed by atoms with E-state index in [1.807, 2.05) is 37.3 Å². The van der Waals surface area contributed by atoms with Crippen molar-refractivity contribution in [1.29, 1.82) is 0 Å². The van der Waals surface area contributed by atoms with Crippen molar-refractivity contribution in [3.8, 4) is 11.3 Å². The molecule has 2 aromatic heterocycles. The van der Waals surface area contributed by atoms with Gasteiger partial charge in [0.1, 0.15) is 5.54 Å². The largest absolute Gasteiger partial charge is 0.265 e. The average molecular weight is 428 g/mol. The monoisotopic (exact) mass is 427 g/mol. The summed E-state index contributed by atoms with van der Waals surface area (Å²) in [6, 6.07) is 35.6. The molecule has 0 N–H and O–H groups in total. The summed E-state index contributed by atoms with van der Waals surface area (Å²) in [6.45, 7) is 6.57. The van der Waals surface area contributed by atoms with Crippen LogP contribution < -0.4 is 10.6 Å². The molecular weight excluding hydrogens is 402 g/mol. The van der Waals surface area contributed by atoms with Crippen molar-refractivity contribution >= 4 is 12.7 Å². The van der Waals surface area contributed by atoms with Gasteiger partial charge < -0.3 is 0 Å². The number of pyridine rings is 1. The predicted molar refractivity (Wildman–Crippen MR) is 135 cm³/mol. The van der Waals surface area contributed by atoms with Crippen LogP contribution in [-0.2, 0) is 5.54 Å². The van der Waals surface area contributed by atoms with Gasteiger partial charge in [0, 0.05) is 23.2 Å². The fourth-order valence-electron chi connectivity index (χ4n) is 4.67. The molecule has 0 amide bonds. The Kier molecular flexibility index (Phi) is 5.45. The first-order valence-electron chi connectivity index (χ1n) is 11.1. The Morgan fingerprint density at radius 2 is 1.15 bits per heavy atom. The molecule has 0 atom stereocenters. The van der Waals surface area contributed by atoms with Crippen molar-refractivity contribution in [2.45, 2.75) is 12.5 Å². The van der Waals surface area contributed by atoms with Gasteiger partial charge in [-0.2, -0.15) is 5.10 Å². The third-order valence-corrected chi connectivity index (χ3v) is 6.16. The summed E-state index contributed by atoms with van der Waals surface area (Å²) in [5, 5.41) is 7.13. The van der Waals surface area contributed by atoms with Gasteiger partial charge in [-0.3, -0.25) is 4.98 Å². The van der Waals surface area contributed by atoms with Crippen LogP contribution in [0.15, 0.2) is 116 Å². The van der Waals surface area contributed by atoms with E-state index in [-0.39, 0.29) is 0 Å². The number of hydrogen-bond donors (Lipinski definition) is 0. The van der Waals surface area contributed by atoms with Gasteiger partial charge in [0.25, 0.3) is 0 Å². The van der Waals surface area contributed by atoms with Crippen LogP contribution in [0.2, 0.25) is 0 Å².